The van der Waals surface area contributed by atoms with Crippen molar-refractivity contribution < 1.29 is 19.4 Å². The highest BCUT2D eigenvalue weighted by Crippen LogP contribution is 2.23. The van der Waals surface area contributed by atoms with Crippen molar-refractivity contribution in [1.82, 2.24) is 5.32 Å². The summed E-state index contributed by atoms with van der Waals surface area (Å²) in [4.78, 5) is 22.1. The van der Waals surface area contributed by atoms with Gasteiger partial charge in [-0.25, -0.2) is 0 Å². The Balaban J connectivity index is 2.62. The molecule has 0 aliphatic rings. The minimum atomic E-state index is -1.07. The standard InChI is InChI=1S/C14H19NO4/c1-8-5-9(2)10(3)12(6-8)19-7-13(16)15-11(4)14(17)18/h5-6,11H,7H2,1-4H3,(H,15,16)(H,17,18)/t11-/m0/s1. The number of carbonyl (C=O) groups is 2. The first kappa shape index (κ1) is 15.0. The molecule has 0 unspecified atom stereocenters. The Bertz CT molecular complexity index is 496. The Kier molecular flexibility index (Phi) is 4.92. The summed E-state index contributed by atoms with van der Waals surface area (Å²) in [7, 11) is 0. The fraction of sp³-hybridized carbons (Fsp3) is 0.429. The van der Waals surface area contributed by atoms with Crippen molar-refractivity contribution in [2.75, 3.05) is 6.61 Å². The number of nitrogens with one attached hydrogen (secondary N) is 1. The molecule has 1 atom stereocenters. The quantitative estimate of drug-likeness (QED) is 0.847. The first-order valence-electron chi connectivity index (χ1n) is 6.04. The Morgan fingerprint density at radius 1 is 1.32 bits per heavy atom. The molecule has 0 spiro atoms. The van der Waals surface area contributed by atoms with Gasteiger partial charge >= 0.3 is 5.97 Å². The highest BCUT2D eigenvalue weighted by molar-refractivity contribution is 5.84. The van der Waals surface area contributed by atoms with Crippen LogP contribution in [0.25, 0.3) is 0 Å². The number of amides is 1. The molecule has 0 saturated carbocycles. The largest absolute Gasteiger partial charge is 0.483 e. The third-order valence-electron chi connectivity index (χ3n) is 2.87. The molecule has 0 bridgehead atoms. The molecule has 5 heteroatoms. The lowest BCUT2D eigenvalue weighted by molar-refractivity contribution is -0.141. The molecule has 0 aliphatic heterocycles. The van der Waals surface area contributed by atoms with Crippen molar-refractivity contribution in [3.05, 3.63) is 28.8 Å². The lowest BCUT2D eigenvalue weighted by atomic mass is 10.1. The van der Waals surface area contributed by atoms with E-state index in [0.717, 1.165) is 16.7 Å². The van der Waals surface area contributed by atoms with Crippen LogP contribution in [0.1, 0.15) is 23.6 Å². The Hall–Kier alpha value is -2.04. The van der Waals surface area contributed by atoms with Crippen molar-refractivity contribution in [3.63, 3.8) is 0 Å². The minimum absolute atomic E-state index is 0.193. The van der Waals surface area contributed by atoms with Crippen molar-refractivity contribution in [3.8, 4) is 5.75 Å². The van der Waals surface area contributed by atoms with Crippen LogP contribution < -0.4 is 10.1 Å². The number of carboxylic acid groups (broad SMARTS) is 1. The molecule has 0 heterocycles. The van der Waals surface area contributed by atoms with Gasteiger partial charge in [-0.05, 0) is 50.5 Å². The van der Waals surface area contributed by atoms with Crippen molar-refractivity contribution in [2.24, 2.45) is 0 Å². The summed E-state index contributed by atoms with van der Waals surface area (Å²) in [5, 5.41) is 11.0. The van der Waals surface area contributed by atoms with Gasteiger partial charge in [-0.3, -0.25) is 9.59 Å². The van der Waals surface area contributed by atoms with Crippen LogP contribution in [0.4, 0.5) is 0 Å². The number of hydrogen-bond donors (Lipinski definition) is 2. The van der Waals surface area contributed by atoms with Crippen LogP contribution >= 0.6 is 0 Å². The van der Waals surface area contributed by atoms with E-state index in [2.05, 4.69) is 5.32 Å². The summed E-state index contributed by atoms with van der Waals surface area (Å²) >= 11 is 0. The summed E-state index contributed by atoms with van der Waals surface area (Å²) in [6.45, 7) is 7.05. The molecule has 0 fully saturated rings. The number of carbonyl (C=O) groups excluding carboxylic acids is 1. The molecule has 1 rings (SSSR count). The normalized spacial score (nSPS) is 11.8. The third-order valence-corrected chi connectivity index (χ3v) is 2.87. The van der Waals surface area contributed by atoms with E-state index in [4.69, 9.17) is 9.84 Å². The maximum Gasteiger partial charge on any atom is 0.325 e. The topological polar surface area (TPSA) is 75.6 Å². The highest BCUT2D eigenvalue weighted by atomic mass is 16.5. The Morgan fingerprint density at radius 2 is 1.95 bits per heavy atom. The molecular formula is C14H19NO4. The molecular weight excluding hydrogens is 246 g/mol. The molecule has 1 aromatic carbocycles. The number of hydrogen-bond acceptors (Lipinski definition) is 3. The molecule has 19 heavy (non-hydrogen) atoms. The first-order chi connectivity index (χ1) is 8.81. The summed E-state index contributed by atoms with van der Waals surface area (Å²) in [5.41, 5.74) is 3.12. The van der Waals surface area contributed by atoms with Gasteiger partial charge in [-0.2, -0.15) is 0 Å². The number of rotatable bonds is 5. The maximum absolute atomic E-state index is 11.5. The van der Waals surface area contributed by atoms with E-state index < -0.39 is 17.9 Å². The molecule has 1 amide bonds. The van der Waals surface area contributed by atoms with Gasteiger partial charge in [-0.1, -0.05) is 6.07 Å². The van der Waals surface area contributed by atoms with Crippen LogP contribution in [0.15, 0.2) is 12.1 Å². The zero-order valence-corrected chi connectivity index (χ0v) is 11.6. The second kappa shape index (κ2) is 6.22. The number of aliphatic carboxylic acids is 1. The Morgan fingerprint density at radius 3 is 2.53 bits per heavy atom. The summed E-state index contributed by atoms with van der Waals surface area (Å²) in [5.74, 6) is -0.875. The molecule has 2 N–H and O–H groups in total. The van der Waals surface area contributed by atoms with Gasteiger partial charge < -0.3 is 15.2 Å². The fourth-order valence-corrected chi connectivity index (χ4v) is 1.64. The predicted octanol–water partition coefficient (Wildman–Crippen LogP) is 1.58. The van der Waals surface area contributed by atoms with Gasteiger partial charge in [0, 0.05) is 0 Å². The van der Waals surface area contributed by atoms with Gasteiger partial charge in [0.05, 0.1) is 0 Å². The smallest absolute Gasteiger partial charge is 0.325 e. The van der Waals surface area contributed by atoms with Gasteiger partial charge in [0.15, 0.2) is 6.61 Å². The maximum atomic E-state index is 11.5. The van der Waals surface area contributed by atoms with Crippen molar-refractivity contribution >= 4 is 11.9 Å². The van der Waals surface area contributed by atoms with Gasteiger partial charge in [0.1, 0.15) is 11.8 Å². The molecule has 0 aliphatic carbocycles. The van der Waals surface area contributed by atoms with Crippen LogP contribution in [-0.2, 0) is 9.59 Å². The van der Waals surface area contributed by atoms with E-state index in [1.54, 1.807) is 0 Å². The van der Waals surface area contributed by atoms with Crippen LogP contribution in [0, 0.1) is 20.8 Å². The van der Waals surface area contributed by atoms with E-state index in [1.807, 2.05) is 32.9 Å². The lowest BCUT2D eigenvalue weighted by Crippen LogP contribution is -2.40. The summed E-state index contributed by atoms with van der Waals surface area (Å²) in [6, 6.07) is 2.97. The molecule has 1 aromatic rings. The highest BCUT2D eigenvalue weighted by Gasteiger charge is 2.14. The van der Waals surface area contributed by atoms with Gasteiger partial charge in [0.25, 0.3) is 5.91 Å². The molecule has 0 saturated heterocycles. The van der Waals surface area contributed by atoms with E-state index in [0.29, 0.717) is 5.75 Å². The van der Waals surface area contributed by atoms with Crippen LogP contribution in [0.2, 0.25) is 0 Å². The van der Waals surface area contributed by atoms with Crippen LogP contribution in [-0.4, -0.2) is 29.6 Å². The SMILES string of the molecule is Cc1cc(C)c(C)c(OCC(=O)N[C@@H](C)C(=O)O)c1. The number of ether oxygens (including phenoxy) is 1. The van der Waals surface area contributed by atoms with E-state index in [1.165, 1.54) is 6.92 Å². The zero-order chi connectivity index (χ0) is 14.6. The van der Waals surface area contributed by atoms with E-state index in [9.17, 15) is 9.59 Å². The third kappa shape index (κ3) is 4.28. The number of benzene rings is 1. The van der Waals surface area contributed by atoms with Crippen LogP contribution in [0.3, 0.4) is 0 Å². The number of carboxylic acids is 1. The monoisotopic (exact) mass is 265 g/mol. The average Bonchev–Trinajstić information content (AvgIpc) is 2.31. The molecule has 5 nitrogen and oxygen atoms in total. The summed E-state index contributed by atoms with van der Waals surface area (Å²) in [6.07, 6.45) is 0. The second-order valence-corrected chi connectivity index (χ2v) is 4.62. The van der Waals surface area contributed by atoms with Crippen LogP contribution in [0.5, 0.6) is 5.75 Å². The van der Waals surface area contributed by atoms with Crippen molar-refractivity contribution in [2.45, 2.75) is 33.7 Å². The fourth-order valence-electron chi connectivity index (χ4n) is 1.64. The van der Waals surface area contributed by atoms with E-state index >= 15 is 0 Å². The zero-order valence-electron chi connectivity index (χ0n) is 11.6. The predicted molar refractivity (Wildman–Crippen MR) is 71.4 cm³/mol. The van der Waals surface area contributed by atoms with Gasteiger partial charge in [-0.15, -0.1) is 0 Å². The Labute approximate surface area is 112 Å². The molecule has 0 aromatic heterocycles. The van der Waals surface area contributed by atoms with Gasteiger partial charge in [0.2, 0.25) is 0 Å². The minimum Gasteiger partial charge on any atom is -0.483 e. The molecule has 104 valence electrons. The number of aryl methyl sites for hydroxylation is 2. The second-order valence-electron chi connectivity index (χ2n) is 4.62. The summed E-state index contributed by atoms with van der Waals surface area (Å²) < 4.78 is 5.44. The first-order valence-corrected chi connectivity index (χ1v) is 6.04. The molecule has 0 radical (unpaired) electrons. The average molecular weight is 265 g/mol. The van der Waals surface area contributed by atoms with Crippen molar-refractivity contribution in [1.29, 1.82) is 0 Å². The lowest BCUT2D eigenvalue weighted by Gasteiger charge is -2.13. The van der Waals surface area contributed by atoms with E-state index in [-0.39, 0.29) is 6.61 Å².